The van der Waals surface area contributed by atoms with Crippen LogP contribution in [0.3, 0.4) is 0 Å². The van der Waals surface area contributed by atoms with E-state index in [0.717, 1.165) is 23.7 Å². The Balaban J connectivity index is 0.00000225. The highest BCUT2D eigenvalue weighted by molar-refractivity contribution is 9.10. The summed E-state index contributed by atoms with van der Waals surface area (Å²) in [4.78, 5) is 0. The highest BCUT2D eigenvalue weighted by Gasteiger charge is 2.10. The second-order valence-electron chi connectivity index (χ2n) is 3.56. The van der Waals surface area contributed by atoms with Crippen LogP contribution < -0.4 is 11.5 Å². The fourth-order valence-corrected chi connectivity index (χ4v) is 1.80. The summed E-state index contributed by atoms with van der Waals surface area (Å²) in [5.41, 5.74) is 11.9. The molecule has 2 nitrogen and oxygen atoms in total. The van der Waals surface area contributed by atoms with Gasteiger partial charge in [0.15, 0.2) is 0 Å². The van der Waals surface area contributed by atoms with Gasteiger partial charge >= 0.3 is 0 Å². The van der Waals surface area contributed by atoms with Gasteiger partial charge < -0.3 is 11.5 Å². The first kappa shape index (κ1) is 15.8. The summed E-state index contributed by atoms with van der Waals surface area (Å²) in [7, 11) is 0. The molecule has 4 N–H and O–H groups in total. The van der Waals surface area contributed by atoms with Crippen LogP contribution in [0.25, 0.3) is 0 Å². The number of rotatable bonds is 5. The van der Waals surface area contributed by atoms with Crippen LogP contribution in [0.4, 0.5) is 4.39 Å². The lowest BCUT2D eigenvalue weighted by Crippen LogP contribution is -2.12. The van der Waals surface area contributed by atoms with E-state index in [-0.39, 0.29) is 24.3 Å². The normalized spacial score (nSPS) is 12.0. The van der Waals surface area contributed by atoms with Gasteiger partial charge in [-0.25, -0.2) is 4.39 Å². The molecule has 0 aliphatic carbocycles. The van der Waals surface area contributed by atoms with E-state index in [9.17, 15) is 4.39 Å². The molecule has 0 aromatic heterocycles. The van der Waals surface area contributed by atoms with E-state index in [4.69, 9.17) is 11.5 Å². The number of hydrogen-bond donors (Lipinski definition) is 2. The van der Waals surface area contributed by atoms with E-state index in [1.54, 1.807) is 12.1 Å². The highest BCUT2D eigenvalue weighted by atomic mass is 79.9. The molecule has 0 saturated heterocycles. The van der Waals surface area contributed by atoms with Crippen LogP contribution in [0.1, 0.15) is 30.9 Å². The maximum Gasteiger partial charge on any atom is 0.129 e. The van der Waals surface area contributed by atoms with Crippen LogP contribution in [0.5, 0.6) is 0 Å². The van der Waals surface area contributed by atoms with E-state index in [1.807, 2.05) is 0 Å². The first-order valence-electron chi connectivity index (χ1n) is 5.05. The molecule has 0 heterocycles. The van der Waals surface area contributed by atoms with Crippen molar-refractivity contribution in [3.63, 3.8) is 0 Å². The second-order valence-corrected chi connectivity index (χ2v) is 4.47. The van der Waals surface area contributed by atoms with Gasteiger partial charge in [0.25, 0.3) is 0 Å². The average Bonchev–Trinajstić information content (AvgIpc) is 2.17. The molecule has 0 aliphatic heterocycles. The van der Waals surface area contributed by atoms with Crippen LogP contribution in [-0.2, 0) is 0 Å². The maximum atomic E-state index is 13.5. The lowest BCUT2D eigenvalue weighted by atomic mass is 10.0. The minimum absolute atomic E-state index is 0. The molecule has 0 spiro atoms. The molecule has 1 rings (SSSR count). The van der Waals surface area contributed by atoms with Gasteiger partial charge in [-0.1, -0.05) is 28.4 Å². The van der Waals surface area contributed by atoms with E-state index in [1.165, 1.54) is 6.07 Å². The molecule has 0 amide bonds. The van der Waals surface area contributed by atoms with Crippen molar-refractivity contribution in [2.24, 2.45) is 11.5 Å². The van der Waals surface area contributed by atoms with E-state index < -0.39 is 0 Å². The number of hydrogen-bond acceptors (Lipinski definition) is 2. The Hall–Kier alpha value is -0.160. The van der Waals surface area contributed by atoms with Gasteiger partial charge in [-0.05, 0) is 31.5 Å². The minimum Gasteiger partial charge on any atom is -0.330 e. The summed E-state index contributed by atoms with van der Waals surface area (Å²) in [5, 5.41) is 0. The van der Waals surface area contributed by atoms with Crippen LogP contribution in [0, 0.1) is 5.82 Å². The number of halogens is 3. The smallest absolute Gasteiger partial charge is 0.129 e. The first-order chi connectivity index (χ1) is 7.15. The molecule has 0 radical (unpaired) electrons. The van der Waals surface area contributed by atoms with Crippen molar-refractivity contribution in [1.29, 1.82) is 0 Å². The summed E-state index contributed by atoms with van der Waals surface area (Å²) in [5.74, 6) is -0.246. The SMILES string of the molecule is Cl.NCCCC[C@H](N)c1ccc(Br)cc1F. The number of unbranched alkanes of at least 4 members (excludes halogenated alkanes) is 1. The third kappa shape index (κ3) is 4.78. The van der Waals surface area contributed by atoms with Gasteiger partial charge in [0, 0.05) is 16.1 Å². The maximum absolute atomic E-state index is 13.5. The van der Waals surface area contributed by atoms with Gasteiger partial charge in [-0.3, -0.25) is 0 Å². The van der Waals surface area contributed by atoms with Crippen molar-refractivity contribution in [3.05, 3.63) is 34.1 Å². The standard InChI is InChI=1S/C11H16BrFN2.ClH/c12-8-4-5-9(10(13)7-8)11(15)3-1-2-6-14;/h4-5,7,11H,1-3,6,14-15H2;1H/t11-;/m0./s1. The molecule has 5 heteroatoms. The van der Waals surface area contributed by atoms with Gasteiger partial charge in [0.2, 0.25) is 0 Å². The molecule has 1 atom stereocenters. The Morgan fingerprint density at radius 2 is 2.00 bits per heavy atom. The molecular weight excluding hydrogens is 294 g/mol. The molecule has 0 saturated carbocycles. The Bertz CT molecular complexity index is 323. The van der Waals surface area contributed by atoms with Crippen molar-refractivity contribution in [2.45, 2.75) is 25.3 Å². The molecule has 0 unspecified atom stereocenters. The third-order valence-electron chi connectivity index (χ3n) is 2.33. The van der Waals surface area contributed by atoms with Crippen molar-refractivity contribution >= 4 is 28.3 Å². The predicted octanol–water partition coefficient (Wildman–Crippen LogP) is 3.14. The molecule has 0 bridgehead atoms. The fourth-order valence-electron chi connectivity index (χ4n) is 1.47. The summed E-state index contributed by atoms with van der Waals surface area (Å²) in [6, 6.07) is 4.75. The summed E-state index contributed by atoms with van der Waals surface area (Å²) in [6.45, 7) is 0.662. The second kappa shape index (κ2) is 8.01. The molecule has 1 aromatic rings. The molecule has 92 valence electrons. The molecule has 0 fully saturated rings. The highest BCUT2D eigenvalue weighted by Crippen LogP contribution is 2.22. The summed E-state index contributed by atoms with van der Waals surface area (Å²) >= 11 is 3.21. The van der Waals surface area contributed by atoms with Crippen molar-refractivity contribution in [3.8, 4) is 0 Å². The van der Waals surface area contributed by atoms with Gasteiger partial charge in [-0.2, -0.15) is 0 Å². The number of nitrogens with two attached hydrogens (primary N) is 2. The minimum atomic E-state index is -0.246. The lowest BCUT2D eigenvalue weighted by molar-refractivity contribution is 0.542. The topological polar surface area (TPSA) is 52.0 Å². The Kier molecular flexibility index (Phi) is 7.93. The van der Waals surface area contributed by atoms with Crippen molar-refractivity contribution in [2.75, 3.05) is 6.54 Å². The van der Waals surface area contributed by atoms with E-state index >= 15 is 0 Å². The summed E-state index contributed by atoms with van der Waals surface area (Å²) in [6.07, 6.45) is 2.65. The van der Waals surface area contributed by atoms with Gasteiger partial charge in [0.05, 0.1) is 0 Å². The largest absolute Gasteiger partial charge is 0.330 e. The zero-order chi connectivity index (χ0) is 11.3. The third-order valence-corrected chi connectivity index (χ3v) is 2.82. The Morgan fingerprint density at radius 3 is 2.56 bits per heavy atom. The van der Waals surface area contributed by atoms with E-state index in [0.29, 0.717) is 12.1 Å². The zero-order valence-electron chi connectivity index (χ0n) is 8.96. The zero-order valence-corrected chi connectivity index (χ0v) is 11.4. The Morgan fingerprint density at radius 1 is 1.31 bits per heavy atom. The van der Waals surface area contributed by atoms with Crippen LogP contribution in [0.15, 0.2) is 22.7 Å². The van der Waals surface area contributed by atoms with Crippen molar-refractivity contribution in [1.82, 2.24) is 0 Å². The molecule has 16 heavy (non-hydrogen) atoms. The van der Waals surface area contributed by atoms with Gasteiger partial charge in [0.1, 0.15) is 5.82 Å². The fraction of sp³-hybridized carbons (Fsp3) is 0.455. The monoisotopic (exact) mass is 310 g/mol. The molecular formula is C11H17BrClFN2. The summed E-state index contributed by atoms with van der Waals surface area (Å²) < 4.78 is 14.2. The van der Waals surface area contributed by atoms with Crippen LogP contribution in [-0.4, -0.2) is 6.54 Å². The van der Waals surface area contributed by atoms with E-state index in [2.05, 4.69) is 15.9 Å². The quantitative estimate of drug-likeness (QED) is 0.821. The predicted molar refractivity (Wildman–Crippen MR) is 71.2 cm³/mol. The number of benzene rings is 1. The molecule has 1 aromatic carbocycles. The average molecular weight is 312 g/mol. The van der Waals surface area contributed by atoms with Gasteiger partial charge in [-0.15, -0.1) is 12.4 Å². The molecule has 0 aliphatic rings. The van der Waals surface area contributed by atoms with Crippen LogP contribution >= 0.6 is 28.3 Å². The lowest BCUT2D eigenvalue weighted by Gasteiger charge is -2.12. The van der Waals surface area contributed by atoms with Crippen LogP contribution in [0.2, 0.25) is 0 Å². The van der Waals surface area contributed by atoms with Crippen molar-refractivity contribution < 1.29 is 4.39 Å². The Labute approximate surface area is 110 Å². The first-order valence-corrected chi connectivity index (χ1v) is 5.85.